The minimum Gasteiger partial charge on any atom is -0.253 e. The highest BCUT2D eigenvalue weighted by atomic mass is 32.1. The summed E-state index contributed by atoms with van der Waals surface area (Å²) >= 11 is 1.48. The molecular weight excluding hydrogens is 381 g/mol. The van der Waals surface area contributed by atoms with Gasteiger partial charge in [-0.2, -0.15) is 5.10 Å². The molecule has 1 aliphatic rings. The maximum atomic E-state index is 14.6. The zero-order valence-corrected chi connectivity index (χ0v) is 17.4. The maximum Gasteiger partial charge on any atom is 0.206 e. The molecule has 0 bridgehead atoms. The van der Waals surface area contributed by atoms with Crippen molar-refractivity contribution in [1.82, 2.24) is 4.68 Å². The maximum absolute atomic E-state index is 14.6. The van der Waals surface area contributed by atoms with Gasteiger partial charge in [0.2, 0.25) is 4.80 Å². The number of aryl methyl sites for hydroxylation is 1. The summed E-state index contributed by atoms with van der Waals surface area (Å²) < 4.78 is 16.4. The number of hydrogen-bond donors (Lipinski definition) is 0. The van der Waals surface area contributed by atoms with Gasteiger partial charge in [0.05, 0.1) is 18.0 Å². The number of hydrogen-bond acceptors (Lipinski definition) is 3. The quantitative estimate of drug-likeness (QED) is 0.387. The van der Waals surface area contributed by atoms with Gasteiger partial charge in [0.1, 0.15) is 5.82 Å². The van der Waals surface area contributed by atoms with E-state index < -0.39 is 0 Å². The number of nitrogens with zero attached hydrogens (tertiary/aromatic N) is 3. The van der Waals surface area contributed by atoms with E-state index in [9.17, 15) is 4.39 Å². The van der Waals surface area contributed by atoms with Crippen LogP contribution in [0.4, 0.5) is 4.39 Å². The second-order valence-corrected chi connectivity index (χ2v) is 8.22. The standard InChI is InChI=1S/C24H24FN3S/c1-17(2)15-26-24-28(23(16-29-24)20-12-6-7-13-21(20)25)27-22-14-8-4-10-18-9-3-5-11-19(18)22/h3,5-7,9,11-13,16H,1,4,8,10,14-15H2,2H3. The lowest BCUT2D eigenvalue weighted by Gasteiger charge is -2.10. The Bertz CT molecular complexity index is 1140. The molecule has 0 saturated heterocycles. The van der Waals surface area contributed by atoms with E-state index in [1.165, 1.54) is 28.5 Å². The molecule has 3 aromatic rings. The normalized spacial score (nSPS) is 15.9. The molecule has 0 amide bonds. The van der Waals surface area contributed by atoms with Crippen molar-refractivity contribution in [3.63, 3.8) is 0 Å². The Hall–Kier alpha value is -2.79. The van der Waals surface area contributed by atoms with Crippen LogP contribution >= 0.6 is 11.3 Å². The van der Waals surface area contributed by atoms with Gasteiger partial charge in [0, 0.05) is 16.5 Å². The monoisotopic (exact) mass is 405 g/mol. The molecule has 0 aliphatic heterocycles. The van der Waals surface area contributed by atoms with Crippen LogP contribution in [-0.4, -0.2) is 16.9 Å². The third kappa shape index (κ3) is 4.30. The average Bonchev–Trinajstić information content (AvgIpc) is 2.99. The summed E-state index contributed by atoms with van der Waals surface area (Å²) in [5, 5.41) is 6.96. The van der Waals surface area contributed by atoms with Gasteiger partial charge >= 0.3 is 0 Å². The van der Waals surface area contributed by atoms with Gasteiger partial charge in [0.25, 0.3) is 0 Å². The smallest absolute Gasteiger partial charge is 0.206 e. The zero-order valence-electron chi connectivity index (χ0n) is 16.6. The van der Waals surface area contributed by atoms with Crippen molar-refractivity contribution in [2.75, 3.05) is 6.54 Å². The van der Waals surface area contributed by atoms with Crippen molar-refractivity contribution in [3.05, 3.63) is 87.8 Å². The van der Waals surface area contributed by atoms with Crippen LogP contribution in [0.3, 0.4) is 0 Å². The largest absolute Gasteiger partial charge is 0.253 e. The van der Waals surface area contributed by atoms with Crippen LogP contribution in [-0.2, 0) is 6.42 Å². The van der Waals surface area contributed by atoms with E-state index in [1.54, 1.807) is 12.1 Å². The second kappa shape index (κ2) is 8.70. The SMILES string of the molecule is C=C(C)CN=c1scc(-c2ccccc2F)n1N=C1CCCCc2ccccc21. The first-order chi connectivity index (χ1) is 14.1. The van der Waals surface area contributed by atoms with Gasteiger partial charge in [-0.15, -0.1) is 11.3 Å². The van der Waals surface area contributed by atoms with Crippen LogP contribution in [0.2, 0.25) is 0 Å². The molecule has 0 saturated carbocycles. The average molecular weight is 406 g/mol. The van der Waals surface area contributed by atoms with Gasteiger partial charge in [-0.3, -0.25) is 4.99 Å². The summed E-state index contributed by atoms with van der Waals surface area (Å²) in [6.07, 6.45) is 4.20. The van der Waals surface area contributed by atoms with E-state index in [0.29, 0.717) is 12.1 Å². The number of rotatable bonds is 4. The van der Waals surface area contributed by atoms with E-state index in [4.69, 9.17) is 5.10 Å². The topological polar surface area (TPSA) is 29.6 Å². The van der Waals surface area contributed by atoms with Crippen LogP contribution in [0, 0.1) is 5.82 Å². The summed E-state index contributed by atoms with van der Waals surface area (Å²) in [4.78, 5) is 5.43. The number of thiazole rings is 1. The van der Waals surface area contributed by atoms with Gasteiger partial charge in [0.15, 0.2) is 0 Å². The van der Waals surface area contributed by atoms with Gasteiger partial charge in [-0.1, -0.05) is 48.6 Å². The zero-order chi connectivity index (χ0) is 20.2. The van der Waals surface area contributed by atoms with Crippen molar-refractivity contribution in [3.8, 4) is 11.3 Å². The van der Waals surface area contributed by atoms with Crippen molar-refractivity contribution in [2.24, 2.45) is 10.1 Å². The fourth-order valence-corrected chi connectivity index (χ4v) is 4.37. The third-order valence-electron chi connectivity index (χ3n) is 4.98. The first-order valence-corrected chi connectivity index (χ1v) is 10.8. The highest BCUT2D eigenvalue weighted by Gasteiger charge is 2.16. The molecule has 0 fully saturated rings. The number of halogens is 1. The molecule has 1 aromatic heterocycles. The lowest BCUT2D eigenvalue weighted by Crippen LogP contribution is -2.16. The second-order valence-electron chi connectivity index (χ2n) is 7.38. The Morgan fingerprint density at radius 1 is 1.07 bits per heavy atom. The van der Waals surface area contributed by atoms with Crippen LogP contribution in [0.1, 0.15) is 37.3 Å². The predicted octanol–water partition coefficient (Wildman–Crippen LogP) is 5.81. The summed E-state index contributed by atoms with van der Waals surface area (Å²) in [5.74, 6) is -0.257. The molecule has 0 unspecified atom stereocenters. The molecule has 0 N–H and O–H groups in total. The molecule has 4 rings (SSSR count). The van der Waals surface area contributed by atoms with Crippen molar-refractivity contribution in [1.29, 1.82) is 0 Å². The molecule has 148 valence electrons. The molecule has 0 atom stereocenters. The van der Waals surface area contributed by atoms with Gasteiger partial charge in [-0.25, -0.2) is 9.07 Å². The molecule has 0 spiro atoms. The van der Waals surface area contributed by atoms with Gasteiger partial charge < -0.3 is 0 Å². The lowest BCUT2D eigenvalue weighted by molar-refractivity contribution is 0.629. The predicted molar refractivity (Wildman–Crippen MR) is 119 cm³/mol. The summed E-state index contributed by atoms with van der Waals surface area (Å²) in [7, 11) is 0. The Labute approximate surface area is 174 Å². The van der Waals surface area contributed by atoms with Crippen molar-refractivity contribution in [2.45, 2.75) is 32.6 Å². The molecule has 1 heterocycles. The lowest BCUT2D eigenvalue weighted by atomic mass is 10.0. The van der Waals surface area contributed by atoms with E-state index in [1.807, 2.05) is 23.0 Å². The van der Waals surface area contributed by atoms with E-state index >= 15 is 0 Å². The molecule has 29 heavy (non-hydrogen) atoms. The molecular formula is C24H24FN3S. The van der Waals surface area contributed by atoms with E-state index in [0.717, 1.165) is 47.5 Å². The van der Waals surface area contributed by atoms with E-state index in [-0.39, 0.29) is 5.82 Å². The fraction of sp³-hybridized carbons (Fsp3) is 0.250. The Balaban J connectivity index is 1.91. The van der Waals surface area contributed by atoms with Crippen LogP contribution in [0.25, 0.3) is 11.3 Å². The molecule has 2 aromatic carbocycles. The van der Waals surface area contributed by atoms with Gasteiger partial charge in [-0.05, 0) is 50.3 Å². The van der Waals surface area contributed by atoms with Crippen LogP contribution in [0.15, 0.2) is 76.2 Å². The number of benzene rings is 2. The minimum atomic E-state index is -0.257. The Kier molecular flexibility index (Phi) is 5.86. The Morgan fingerprint density at radius 2 is 1.79 bits per heavy atom. The van der Waals surface area contributed by atoms with Crippen molar-refractivity contribution >= 4 is 17.0 Å². The van der Waals surface area contributed by atoms with Crippen LogP contribution < -0.4 is 4.80 Å². The minimum absolute atomic E-state index is 0.257. The van der Waals surface area contributed by atoms with E-state index in [2.05, 4.69) is 35.8 Å². The number of fused-ring (bicyclic) bond motifs is 1. The third-order valence-corrected chi connectivity index (χ3v) is 5.83. The number of aromatic nitrogens is 1. The molecule has 0 radical (unpaired) electrons. The van der Waals surface area contributed by atoms with Crippen molar-refractivity contribution < 1.29 is 4.39 Å². The molecule has 1 aliphatic carbocycles. The molecule has 5 heteroatoms. The summed E-state index contributed by atoms with van der Waals surface area (Å²) in [5.41, 5.74) is 5.78. The highest BCUT2D eigenvalue weighted by Crippen LogP contribution is 2.25. The first-order valence-electron chi connectivity index (χ1n) is 9.90. The Morgan fingerprint density at radius 3 is 2.59 bits per heavy atom. The first kappa shape index (κ1) is 19.5. The summed E-state index contributed by atoms with van der Waals surface area (Å²) in [6, 6.07) is 15.3. The summed E-state index contributed by atoms with van der Waals surface area (Å²) in [6.45, 7) is 6.42. The van der Waals surface area contributed by atoms with Crippen LogP contribution in [0.5, 0.6) is 0 Å². The highest BCUT2D eigenvalue weighted by molar-refractivity contribution is 7.07. The fourth-order valence-electron chi connectivity index (χ4n) is 3.55. The molecule has 3 nitrogen and oxygen atoms in total.